The van der Waals surface area contributed by atoms with E-state index in [0.29, 0.717) is 0 Å². The first kappa shape index (κ1) is 16.1. The SMILES string of the molecule is CS(=O)(=O)OC[C@@H]1CN(C(=O)O)CCN1S(C)(=O)=O. The van der Waals surface area contributed by atoms with Crippen LogP contribution in [-0.4, -0.2) is 82.0 Å². The van der Waals surface area contributed by atoms with Crippen molar-refractivity contribution < 1.29 is 30.9 Å². The molecular formula is C8H16N2O7S2. The molecule has 0 bridgehead atoms. The van der Waals surface area contributed by atoms with E-state index in [1.807, 2.05) is 0 Å². The van der Waals surface area contributed by atoms with Crippen molar-refractivity contribution in [2.75, 3.05) is 38.8 Å². The summed E-state index contributed by atoms with van der Waals surface area (Å²) in [5.74, 6) is 0. The first-order valence-corrected chi connectivity index (χ1v) is 8.96. The highest BCUT2D eigenvalue weighted by Gasteiger charge is 2.35. The van der Waals surface area contributed by atoms with Crippen LogP contribution in [0, 0.1) is 0 Å². The van der Waals surface area contributed by atoms with Gasteiger partial charge >= 0.3 is 6.09 Å². The summed E-state index contributed by atoms with van der Waals surface area (Å²) in [6, 6.07) is -0.852. The smallest absolute Gasteiger partial charge is 0.407 e. The highest BCUT2D eigenvalue weighted by Crippen LogP contribution is 2.14. The minimum Gasteiger partial charge on any atom is -0.465 e. The Hall–Kier alpha value is -0.910. The van der Waals surface area contributed by atoms with Crippen LogP contribution in [0.2, 0.25) is 0 Å². The predicted octanol–water partition coefficient (Wildman–Crippen LogP) is -1.41. The molecule has 1 aliphatic heterocycles. The Kier molecular flexibility index (Phi) is 4.76. The van der Waals surface area contributed by atoms with Crippen LogP contribution in [0.5, 0.6) is 0 Å². The summed E-state index contributed by atoms with van der Waals surface area (Å²) in [7, 11) is -7.27. The van der Waals surface area contributed by atoms with Crippen LogP contribution in [0.1, 0.15) is 0 Å². The topological polar surface area (TPSA) is 121 Å². The molecule has 0 aromatic rings. The van der Waals surface area contributed by atoms with Gasteiger partial charge in [0.1, 0.15) is 0 Å². The molecule has 1 atom stereocenters. The third kappa shape index (κ3) is 4.93. The van der Waals surface area contributed by atoms with Gasteiger partial charge in [0.05, 0.1) is 25.2 Å². The first-order chi connectivity index (χ1) is 8.50. The summed E-state index contributed by atoms with van der Waals surface area (Å²) in [4.78, 5) is 11.9. The van der Waals surface area contributed by atoms with Crippen LogP contribution in [0.4, 0.5) is 4.79 Å². The largest absolute Gasteiger partial charge is 0.465 e. The normalized spacial score (nSPS) is 22.4. The van der Waals surface area contributed by atoms with Crippen LogP contribution in [-0.2, 0) is 24.3 Å². The molecule has 9 nitrogen and oxygen atoms in total. The molecule has 0 radical (unpaired) electrons. The zero-order valence-electron chi connectivity index (χ0n) is 10.5. The van der Waals surface area contributed by atoms with Gasteiger partial charge in [-0.2, -0.15) is 12.7 Å². The lowest BCUT2D eigenvalue weighted by atomic mass is 10.2. The van der Waals surface area contributed by atoms with E-state index < -0.39 is 38.9 Å². The number of rotatable bonds is 4. The standard InChI is InChI=1S/C8H16N2O7S2/c1-18(13,14)10-4-3-9(8(11)12)5-7(10)6-17-19(2,15)16/h7H,3-6H2,1-2H3,(H,11,12)/t7-/m0/s1. The number of nitrogens with zero attached hydrogens (tertiary/aromatic N) is 2. The number of amides is 1. The van der Waals surface area contributed by atoms with Crippen molar-refractivity contribution >= 4 is 26.2 Å². The second-order valence-corrected chi connectivity index (χ2v) is 7.82. The van der Waals surface area contributed by atoms with Gasteiger partial charge in [-0.25, -0.2) is 13.2 Å². The van der Waals surface area contributed by atoms with E-state index in [4.69, 9.17) is 5.11 Å². The molecule has 1 rings (SSSR count). The van der Waals surface area contributed by atoms with Crippen molar-refractivity contribution in [1.29, 1.82) is 0 Å². The first-order valence-electron chi connectivity index (χ1n) is 5.30. The van der Waals surface area contributed by atoms with Crippen molar-refractivity contribution in [3.05, 3.63) is 0 Å². The van der Waals surface area contributed by atoms with Gasteiger partial charge in [0.2, 0.25) is 10.0 Å². The maximum absolute atomic E-state index is 11.6. The third-order valence-corrected chi connectivity index (χ3v) is 4.50. The second kappa shape index (κ2) is 5.61. The van der Waals surface area contributed by atoms with Crippen LogP contribution < -0.4 is 0 Å². The summed E-state index contributed by atoms with van der Waals surface area (Å²) < 4.78 is 50.6. The van der Waals surface area contributed by atoms with Crippen LogP contribution in [0.15, 0.2) is 0 Å². The average molecular weight is 316 g/mol. The lowest BCUT2D eigenvalue weighted by Crippen LogP contribution is -2.57. The number of sulfonamides is 1. The minimum absolute atomic E-state index is 0.0249. The Morgan fingerprint density at radius 2 is 1.84 bits per heavy atom. The molecule has 0 saturated carbocycles. The van der Waals surface area contributed by atoms with Crippen molar-refractivity contribution in [1.82, 2.24) is 9.21 Å². The minimum atomic E-state index is -3.72. The van der Waals surface area contributed by atoms with E-state index in [1.54, 1.807) is 0 Å². The van der Waals surface area contributed by atoms with E-state index in [0.717, 1.165) is 21.7 Å². The average Bonchev–Trinajstić information content (AvgIpc) is 2.23. The zero-order chi connectivity index (χ0) is 14.8. The molecule has 1 saturated heterocycles. The molecular weight excluding hydrogens is 300 g/mol. The van der Waals surface area contributed by atoms with Gasteiger partial charge in [0, 0.05) is 19.6 Å². The number of carbonyl (C=O) groups is 1. The molecule has 112 valence electrons. The quantitative estimate of drug-likeness (QED) is 0.632. The van der Waals surface area contributed by atoms with Gasteiger partial charge in [-0.05, 0) is 0 Å². The summed E-state index contributed by atoms with van der Waals surface area (Å²) in [5.41, 5.74) is 0. The molecule has 0 aliphatic carbocycles. The molecule has 11 heteroatoms. The van der Waals surface area contributed by atoms with E-state index >= 15 is 0 Å². The van der Waals surface area contributed by atoms with Crippen LogP contribution in [0.3, 0.4) is 0 Å². The Morgan fingerprint density at radius 3 is 2.26 bits per heavy atom. The molecule has 0 unspecified atom stereocenters. The van der Waals surface area contributed by atoms with E-state index in [-0.39, 0.29) is 19.6 Å². The Balaban J connectivity index is 2.85. The summed E-state index contributed by atoms with van der Waals surface area (Å²) in [5, 5.41) is 8.87. The zero-order valence-corrected chi connectivity index (χ0v) is 12.1. The van der Waals surface area contributed by atoms with Crippen molar-refractivity contribution in [2.45, 2.75) is 6.04 Å². The molecule has 1 fully saturated rings. The fourth-order valence-electron chi connectivity index (χ4n) is 1.79. The summed E-state index contributed by atoms with van der Waals surface area (Å²) >= 11 is 0. The molecule has 0 aromatic heterocycles. The highest BCUT2D eigenvalue weighted by atomic mass is 32.2. The summed E-state index contributed by atoms with van der Waals surface area (Å²) in [6.07, 6.45) is 0.643. The summed E-state index contributed by atoms with van der Waals surface area (Å²) in [6.45, 7) is -0.520. The van der Waals surface area contributed by atoms with Gasteiger partial charge in [-0.15, -0.1) is 0 Å². The maximum Gasteiger partial charge on any atom is 0.407 e. The van der Waals surface area contributed by atoms with Crippen molar-refractivity contribution in [3.63, 3.8) is 0 Å². The number of hydrogen-bond donors (Lipinski definition) is 1. The van der Waals surface area contributed by atoms with Gasteiger partial charge in [0.15, 0.2) is 0 Å². The maximum atomic E-state index is 11.6. The predicted molar refractivity (Wildman–Crippen MR) is 65.7 cm³/mol. The van der Waals surface area contributed by atoms with Gasteiger partial charge in [-0.3, -0.25) is 4.18 Å². The fourth-order valence-corrected chi connectivity index (χ4v) is 3.27. The Morgan fingerprint density at radius 1 is 1.26 bits per heavy atom. The molecule has 0 spiro atoms. The van der Waals surface area contributed by atoms with E-state index in [2.05, 4.69) is 4.18 Å². The van der Waals surface area contributed by atoms with E-state index in [9.17, 15) is 21.6 Å². The molecule has 1 N–H and O–H groups in total. The highest BCUT2D eigenvalue weighted by molar-refractivity contribution is 7.88. The van der Waals surface area contributed by atoms with Crippen molar-refractivity contribution in [3.8, 4) is 0 Å². The van der Waals surface area contributed by atoms with Gasteiger partial charge in [-0.1, -0.05) is 0 Å². The number of hydrogen-bond acceptors (Lipinski definition) is 6. The second-order valence-electron chi connectivity index (χ2n) is 4.24. The van der Waals surface area contributed by atoms with Crippen molar-refractivity contribution in [2.24, 2.45) is 0 Å². The molecule has 1 amide bonds. The Bertz CT molecular complexity index is 541. The fraction of sp³-hybridized carbons (Fsp3) is 0.875. The molecule has 0 aromatic carbocycles. The Labute approximate surface area is 111 Å². The molecule has 19 heavy (non-hydrogen) atoms. The third-order valence-electron chi connectivity index (χ3n) is 2.60. The van der Waals surface area contributed by atoms with E-state index in [1.165, 1.54) is 0 Å². The number of carboxylic acid groups (broad SMARTS) is 1. The monoisotopic (exact) mass is 316 g/mol. The van der Waals surface area contributed by atoms with Gasteiger partial charge in [0.25, 0.3) is 10.1 Å². The molecule has 1 aliphatic rings. The lowest BCUT2D eigenvalue weighted by Gasteiger charge is -2.38. The van der Waals surface area contributed by atoms with Crippen LogP contribution >= 0.6 is 0 Å². The molecule has 1 heterocycles. The van der Waals surface area contributed by atoms with Crippen LogP contribution in [0.25, 0.3) is 0 Å². The lowest BCUT2D eigenvalue weighted by molar-refractivity contribution is 0.0884. The number of piperazine rings is 1. The van der Waals surface area contributed by atoms with Gasteiger partial charge < -0.3 is 10.0 Å².